The van der Waals surface area contributed by atoms with E-state index < -0.39 is 0 Å². The molecule has 0 aliphatic rings. The molecule has 0 saturated carbocycles. The molecule has 78 valence electrons. The second-order valence-corrected chi connectivity index (χ2v) is 4.56. The van der Waals surface area contributed by atoms with E-state index in [1.165, 1.54) is 5.56 Å². The van der Waals surface area contributed by atoms with Gasteiger partial charge in [-0.3, -0.25) is 0 Å². The molecule has 1 atom stereocenters. The third-order valence-electron chi connectivity index (χ3n) is 2.23. The molecule has 0 spiro atoms. The maximum absolute atomic E-state index is 5.76. The van der Waals surface area contributed by atoms with Gasteiger partial charge in [0.15, 0.2) is 0 Å². The van der Waals surface area contributed by atoms with E-state index in [9.17, 15) is 0 Å². The Bertz CT molecular complexity index is 420. The summed E-state index contributed by atoms with van der Waals surface area (Å²) in [6.07, 6.45) is 0.901. The second kappa shape index (κ2) is 4.55. The minimum atomic E-state index is 0.0331. The molecule has 2 nitrogen and oxygen atoms in total. The van der Waals surface area contributed by atoms with Crippen molar-refractivity contribution in [3.8, 4) is 0 Å². The summed E-state index contributed by atoms with van der Waals surface area (Å²) in [5.74, 6) is 0. The van der Waals surface area contributed by atoms with Crippen LogP contribution in [0.15, 0.2) is 35.7 Å². The molecule has 0 bridgehead atoms. The summed E-state index contributed by atoms with van der Waals surface area (Å²) in [5, 5.41) is 3.18. The SMILES string of the molecule is CC(N)c1csc(Cc2ccccc2)n1. The highest BCUT2D eigenvalue weighted by Crippen LogP contribution is 2.17. The summed E-state index contributed by atoms with van der Waals surface area (Å²) in [5.41, 5.74) is 8.05. The molecular weight excluding hydrogens is 204 g/mol. The lowest BCUT2D eigenvalue weighted by atomic mass is 10.2. The zero-order valence-corrected chi connectivity index (χ0v) is 9.50. The van der Waals surface area contributed by atoms with Crippen molar-refractivity contribution in [1.82, 2.24) is 4.98 Å². The van der Waals surface area contributed by atoms with Crippen LogP contribution in [0.3, 0.4) is 0 Å². The summed E-state index contributed by atoms with van der Waals surface area (Å²) in [7, 11) is 0. The average Bonchev–Trinajstić information content (AvgIpc) is 2.68. The van der Waals surface area contributed by atoms with Crippen molar-refractivity contribution in [2.24, 2.45) is 5.73 Å². The van der Waals surface area contributed by atoms with E-state index in [1.807, 2.05) is 18.4 Å². The lowest BCUT2D eigenvalue weighted by molar-refractivity contribution is 0.784. The van der Waals surface area contributed by atoms with Crippen molar-refractivity contribution in [3.63, 3.8) is 0 Å². The van der Waals surface area contributed by atoms with E-state index >= 15 is 0 Å². The van der Waals surface area contributed by atoms with Gasteiger partial charge in [0.25, 0.3) is 0 Å². The van der Waals surface area contributed by atoms with E-state index in [0.717, 1.165) is 17.1 Å². The van der Waals surface area contributed by atoms with Crippen LogP contribution in [-0.4, -0.2) is 4.98 Å². The van der Waals surface area contributed by atoms with Gasteiger partial charge in [-0.15, -0.1) is 11.3 Å². The number of aromatic nitrogens is 1. The first-order chi connectivity index (χ1) is 7.25. The van der Waals surface area contributed by atoms with Crippen molar-refractivity contribution < 1.29 is 0 Å². The summed E-state index contributed by atoms with van der Waals surface area (Å²) in [6.45, 7) is 1.96. The number of rotatable bonds is 3. The van der Waals surface area contributed by atoms with Gasteiger partial charge in [-0.05, 0) is 12.5 Å². The molecule has 1 aromatic heterocycles. The standard InChI is InChI=1S/C12H14N2S/c1-9(13)11-8-15-12(14-11)7-10-5-3-2-4-6-10/h2-6,8-9H,7,13H2,1H3. The molecule has 2 rings (SSSR count). The lowest BCUT2D eigenvalue weighted by Crippen LogP contribution is -2.05. The van der Waals surface area contributed by atoms with Gasteiger partial charge in [0, 0.05) is 17.8 Å². The molecule has 1 unspecified atom stereocenters. The zero-order valence-electron chi connectivity index (χ0n) is 8.68. The van der Waals surface area contributed by atoms with Crippen LogP contribution in [0.25, 0.3) is 0 Å². The maximum Gasteiger partial charge on any atom is 0.0972 e. The quantitative estimate of drug-likeness (QED) is 0.860. The molecule has 3 heteroatoms. The summed E-state index contributed by atoms with van der Waals surface area (Å²) < 4.78 is 0. The van der Waals surface area contributed by atoms with Crippen LogP contribution >= 0.6 is 11.3 Å². The first-order valence-corrected chi connectivity index (χ1v) is 5.87. The zero-order chi connectivity index (χ0) is 10.7. The van der Waals surface area contributed by atoms with Gasteiger partial charge in [-0.1, -0.05) is 30.3 Å². The Hall–Kier alpha value is -1.19. The third kappa shape index (κ3) is 2.64. The second-order valence-electron chi connectivity index (χ2n) is 3.62. The summed E-state index contributed by atoms with van der Waals surface area (Å²) in [6, 6.07) is 10.4. The van der Waals surface area contributed by atoms with E-state index in [1.54, 1.807) is 11.3 Å². The van der Waals surface area contributed by atoms with Crippen LogP contribution in [0.5, 0.6) is 0 Å². The van der Waals surface area contributed by atoms with Crippen LogP contribution in [0.1, 0.15) is 29.2 Å². The maximum atomic E-state index is 5.76. The fourth-order valence-corrected chi connectivity index (χ4v) is 2.32. The number of thiazole rings is 1. The molecule has 1 heterocycles. The molecule has 2 aromatic rings. The summed E-state index contributed by atoms with van der Waals surface area (Å²) in [4.78, 5) is 4.50. The Morgan fingerprint density at radius 1 is 1.33 bits per heavy atom. The molecule has 1 aromatic carbocycles. The number of hydrogen-bond acceptors (Lipinski definition) is 3. The fourth-order valence-electron chi connectivity index (χ4n) is 1.39. The van der Waals surface area contributed by atoms with Gasteiger partial charge in [0.1, 0.15) is 0 Å². The van der Waals surface area contributed by atoms with Crippen molar-refractivity contribution >= 4 is 11.3 Å². The number of benzene rings is 1. The van der Waals surface area contributed by atoms with Crippen LogP contribution in [0.2, 0.25) is 0 Å². The number of nitrogens with two attached hydrogens (primary N) is 1. The predicted molar refractivity (Wildman–Crippen MR) is 64.0 cm³/mol. The van der Waals surface area contributed by atoms with Crippen LogP contribution in [0.4, 0.5) is 0 Å². The first kappa shape index (κ1) is 10.3. The lowest BCUT2D eigenvalue weighted by Gasteiger charge is -1.98. The largest absolute Gasteiger partial charge is 0.323 e. The Labute approximate surface area is 93.8 Å². The fraction of sp³-hybridized carbons (Fsp3) is 0.250. The Morgan fingerprint density at radius 2 is 2.07 bits per heavy atom. The number of nitrogens with zero attached hydrogens (tertiary/aromatic N) is 1. The van der Waals surface area contributed by atoms with Crippen LogP contribution in [0, 0.1) is 0 Å². The predicted octanol–water partition coefficient (Wildman–Crippen LogP) is 2.75. The van der Waals surface area contributed by atoms with Gasteiger partial charge < -0.3 is 5.73 Å². The highest BCUT2D eigenvalue weighted by atomic mass is 32.1. The molecule has 0 amide bonds. The molecule has 15 heavy (non-hydrogen) atoms. The van der Waals surface area contributed by atoms with E-state index in [0.29, 0.717) is 0 Å². The molecule has 0 saturated heterocycles. The van der Waals surface area contributed by atoms with Crippen molar-refractivity contribution in [1.29, 1.82) is 0 Å². The van der Waals surface area contributed by atoms with Crippen molar-refractivity contribution in [2.45, 2.75) is 19.4 Å². The Kier molecular flexibility index (Phi) is 3.14. The molecule has 0 aliphatic carbocycles. The van der Waals surface area contributed by atoms with E-state index in [-0.39, 0.29) is 6.04 Å². The topological polar surface area (TPSA) is 38.9 Å². The van der Waals surface area contributed by atoms with Gasteiger partial charge >= 0.3 is 0 Å². The number of hydrogen-bond donors (Lipinski definition) is 1. The molecule has 0 radical (unpaired) electrons. The van der Waals surface area contributed by atoms with E-state index in [4.69, 9.17) is 5.73 Å². The van der Waals surface area contributed by atoms with Gasteiger partial charge in [-0.25, -0.2) is 4.98 Å². The molecule has 2 N–H and O–H groups in total. The monoisotopic (exact) mass is 218 g/mol. The normalized spacial score (nSPS) is 12.7. The van der Waals surface area contributed by atoms with E-state index in [2.05, 4.69) is 29.2 Å². The third-order valence-corrected chi connectivity index (χ3v) is 3.10. The first-order valence-electron chi connectivity index (χ1n) is 4.99. The van der Waals surface area contributed by atoms with Crippen LogP contribution in [-0.2, 0) is 6.42 Å². The molecular formula is C12H14N2S. The van der Waals surface area contributed by atoms with Gasteiger partial charge in [-0.2, -0.15) is 0 Å². The Morgan fingerprint density at radius 3 is 2.67 bits per heavy atom. The van der Waals surface area contributed by atoms with Gasteiger partial charge in [0.2, 0.25) is 0 Å². The minimum Gasteiger partial charge on any atom is -0.323 e. The smallest absolute Gasteiger partial charge is 0.0972 e. The van der Waals surface area contributed by atoms with Gasteiger partial charge in [0.05, 0.1) is 10.7 Å². The average molecular weight is 218 g/mol. The van der Waals surface area contributed by atoms with Crippen LogP contribution < -0.4 is 5.73 Å². The molecule has 0 fully saturated rings. The highest BCUT2D eigenvalue weighted by Gasteiger charge is 2.05. The minimum absolute atomic E-state index is 0.0331. The van der Waals surface area contributed by atoms with Crippen molar-refractivity contribution in [2.75, 3.05) is 0 Å². The highest BCUT2D eigenvalue weighted by molar-refractivity contribution is 7.09. The van der Waals surface area contributed by atoms with Crippen molar-refractivity contribution in [3.05, 3.63) is 52.0 Å². The molecule has 0 aliphatic heterocycles. The summed E-state index contributed by atoms with van der Waals surface area (Å²) >= 11 is 1.68. The Balaban J connectivity index is 2.12.